The summed E-state index contributed by atoms with van der Waals surface area (Å²) in [5.74, 6) is -0.132. The van der Waals surface area contributed by atoms with Crippen molar-refractivity contribution >= 4 is 37.4 Å². The Kier molecular flexibility index (Phi) is 5.35. The molecule has 0 unspecified atom stereocenters. The van der Waals surface area contributed by atoms with E-state index in [1.54, 1.807) is 47.5 Å². The van der Waals surface area contributed by atoms with Gasteiger partial charge in [0, 0.05) is 40.6 Å². The summed E-state index contributed by atoms with van der Waals surface area (Å²) >= 11 is 0. The van der Waals surface area contributed by atoms with Gasteiger partial charge < -0.3 is 0 Å². The number of rotatable bonds is 6. The third kappa shape index (κ3) is 4.47. The highest BCUT2D eigenvalue weighted by molar-refractivity contribution is 7.92. The van der Waals surface area contributed by atoms with Gasteiger partial charge >= 0.3 is 0 Å². The van der Waals surface area contributed by atoms with Gasteiger partial charge in [0.25, 0.3) is 0 Å². The maximum absolute atomic E-state index is 13.4. The van der Waals surface area contributed by atoms with Crippen molar-refractivity contribution in [1.82, 2.24) is 14.8 Å². The van der Waals surface area contributed by atoms with E-state index in [1.807, 2.05) is 48.5 Å². The Morgan fingerprint density at radius 1 is 0.879 bits per heavy atom. The number of nitrogens with zero attached hydrogens (tertiary/aromatic N) is 3. The Morgan fingerprint density at radius 2 is 1.70 bits per heavy atom. The van der Waals surface area contributed by atoms with E-state index >= 15 is 0 Å². The number of pyridine rings is 1. The standard InChI is InChI=1S/C25H20N4O3S/c30-25-22-16-21(28-33(31,32)14-13-29-12-4-11-27-29)9-7-19(22)8-10-24-23(25)15-20(17-26-24)18-5-2-1-3-6-18/h1-12,15-17,28H,13-14H2. The lowest BCUT2D eigenvalue weighted by Crippen LogP contribution is -2.20. The van der Waals surface area contributed by atoms with Crippen molar-refractivity contribution < 1.29 is 8.42 Å². The lowest BCUT2D eigenvalue weighted by molar-refractivity contribution is 0.585. The van der Waals surface area contributed by atoms with Crippen LogP contribution in [0.15, 0.2) is 96.2 Å². The van der Waals surface area contributed by atoms with Crippen LogP contribution in [0, 0.1) is 0 Å². The van der Waals surface area contributed by atoms with Gasteiger partial charge in [0.2, 0.25) is 10.0 Å². The summed E-state index contributed by atoms with van der Waals surface area (Å²) in [5, 5.41) is 5.63. The molecule has 0 radical (unpaired) electrons. The van der Waals surface area contributed by atoms with Crippen LogP contribution in [-0.2, 0) is 16.6 Å². The number of hydrogen-bond donors (Lipinski definition) is 1. The zero-order valence-electron chi connectivity index (χ0n) is 17.5. The minimum atomic E-state index is -3.62. The van der Waals surface area contributed by atoms with Crippen molar-refractivity contribution in [1.29, 1.82) is 0 Å². The topological polar surface area (TPSA) is 94.0 Å². The van der Waals surface area contributed by atoms with Gasteiger partial charge in [-0.1, -0.05) is 42.5 Å². The molecule has 0 spiro atoms. The monoisotopic (exact) mass is 456 g/mol. The predicted molar refractivity (Wildman–Crippen MR) is 131 cm³/mol. The molecule has 5 aromatic rings. The molecule has 0 aliphatic heterocycles. The highest BCUT2D eigenvalue weighted by atomic mass is 32.2. The minimum Gasteiger partial charge on any atom is -0.289 e. The molecule has 0 aliphatic carbocycles. The summed E-state index contributed by atoms with van der Waals surface area (Å²) in [4.78, 5) is 17.9. The normalized spacial score (nSPS) is 11.6. The van der Waals surface area contributed by atoms with E-state index in [0.29, 0.717) is 27.4 Å². The van der Waals surface area contributed by atoms with Gasteiger partial charge in [0.05, 0.1) is 17.8 Å². The van der Waals surface area contributed by atoms with Crippen LogP contribution in [0.2, 0.25) is 0 Å². The second-order valence-corrected chi connectivity index (χ2v) is 9.52. The number of aryl methyl sites for hydroxylation is 1. The zero-order chi connectivity index (χ0) is 22.8. The molecule has 5 rings (SSSR count). The van der Waals surface area contributed by atoms with E-state index in [-0.39, 0.29) is 17.7 Å². The van der Waals surface area contributed by atoms with Gasteiger partial charge in [-0.15, -0.1) is 0 Å². The number of aromatic nitrogens is 3. The van der Waals surface area contributed by atoms with Crippen molar-refractivity contribution in [3.05, 3.63) is 102 Å². The van der Waals surface area contributed by atoms with Crippen LogP contribution in [0.3, 0.4) is 0 Å². The summed E-state index contributed by atoms with van der Waals surface area (Å²) in [5.41, 5.74) is 2.53. The second-order valence-electron chi connectivity index (χ2n) is 7.68. The molecule has 0 aliphatic rings. The first-order valence-corrected chi connectivity index (χ1v) is 12.0. The quantitative estimate of drug-likeness (QED) is 0.416. The summed E-state index contributed by atoms with van der Waals surface area (Å²) in [6.45, 7) is 0.232. The molecular formula is C25H20N4O3S. The first kappa shape index (κ1) is 20.8. The maximum atomic E-state index is 13.4. The Morgan fingerprint density at radius 3 is 2.48 bits per heavy atom. The number of fused-ring (bicyclic) bond motifs is 2. The molecule has 0 saturated carbocycles. The molecule has 164 valence electrons. The maximum Gasteiger partial charge on any atom is 0.234 e. The molecule has 0 bridgehead atoms. The zero-order valence-corrected chi connectivity index (χ0v) is 18.4. The number of sulfonamides is 1. The first-order valence-electron chi connectivity index (χ1n) is 10.4. The predicted octanol–water partition coefficient (Wildman–Crippen LogP) is 4.05. The van der Waals surface area contributed by atoms with Crippen molar-refractivity contribution in [2.24, 2.45) is 0 Å². The van der Waals surface area contributed by atoms with E-state index < -0.39 is 10.0 Å². The third-order valence-electron chi connectivity index (χ3n) is 5.41. The third-order valence-corrected chi connectivity index (χ3v) is 6.68. The van der Waals surface area contributed by atoms with Crippen LogP contribution >= 0.6 is 0 Å². The van der Waals surface area contributed by atoms with Gasteiger partial charge in [-0.3, -0.25) is 19.2 Å². The van der Waals surface area contributed by atoms with E-state index in [0.717, 1.165) is 11.1 Å². The van der Waals surface area contributed by atoms with Crippen LogP contribution < -0.4 is 10.2 Å². The van der Waals surface area contributed by atoms with Crippen molar-refractivity contribution in [2.45, 2.75) is 6.54 Å². The van der Waals surface area contributed by atoms with Gasteiger partial charge in [-0.2, -0.15) is 5.10 Å². The smallest absolute Gasteiger partial charge is 0.234 e. The molecule has 0 atom stereocenters. The van der Waals surface area contributed by atoms with E-state index in [9.17, 15) is 13.2 Å². The Bertz CT molecular complexity index is 1620. The minimum absolute atomic E-state index is 0.132. The summed E-state index contributed by atoms with van der Waals surface area (Å²) in [6, 6.07) is 21.9. The Labute approximate surface area is 190 Å². The van der Waals surface area contributed by atoms with Crippen molar-refractivity contribution in [3.63, 3.8) is 0 Å². The van der Waals surface area contributed by atoms with Crippen molar-refractivity contribution in [3.8, 4) is 11.1 Å². The summed E-state index contributed by atoms with van der Waals surface area (Å²) < 4.78 is 29.2. The molecule has 1 N–H and O–H groups in total. The summed E-state index contributed by atoms with van der Waals surface area (Å²) in [7, 11) is -3.62. The van der Waals surface area contributed by atoms with Gasteiger partial charge in [-0.25, -0.2) is 8.42 Å². The number of hydrogen-bond acceptors (Lipinski definition) is 5. The Balaban J connectivity index is 1.54. The van der Waals surface area contributed by atoms with Crippen LogP contribution in [0.5, 0.6) is 0 Å². The average molecular weight is 457 g/mol. The van der Waals surface area contributed by atoms with E-state index in [2.05, 4.69) is 14.8 Å². The average Bonchev–Trinajstić information content (AvgIpc) is 3.31. The fourth-order valence-electron chi connectivity index (χ4n) is 3.73. The van der Waals surface area contributed by atoms with Gasteiger partial charge in [0.1, 0.15) is 0 Å². The second kappa shape index (κ2) is 8.48. The highest BCUT2D eigenvalue weighted by Gasteiger charge is 2.13. The molecule has 0 fully saturated rings. The molecule has 2 heterocycles. The lowest BCUT2D eigenvalue weighted by Gasteiger charge is -2.08. The largest absolute Gasteiger partial charge is 0.289 e. The van der Waals surface area contributed by atoms with Crippen LogP contribution in [0.4, 0.5) is 5.69 Å². The molecule has 0 saturated heterocycles. The SMILES string of the molecule is O=c1c2cc(NS(=O)(=O)CCn3cccn3)ccc2ccc2ncc(-c3ccccc3)cc12. The van der Waals surface area contributed by atoms with E-state index in [4.69, 9.17) is 0 Å². The van der Waals surface area contributed by atoms with Crippen LogP contribution in [-0.4, -0.2) is 28.9 Å². The number of nitrogens with one attached hydrogen (secondary N) is 1. The number of benzene rings is 2. The fraction of sp³-hybridized carbons (Fsp3) is 0.0800. The lowest BCUT2D eigenvalue weighted by atomic mass is 10.1. The molecule has 0 amide bonds. The van der Waals surface area contributed by atoms with Crippen LogP contribution in [0.1, 0.15) is 0 Å². The van der Waals surface area contributed by atoms with E-state index in [1.165, 1.54) is 0 Å². The molecule has 33 heavy (non-hydrogen) atoms. The Hall–Kier alpha value is -4.04. The fourth-order valence-corrected chi connectivity index (χ4v) is 4.75. The van der Waals surface area contributed by atoms with Crippen LogP contribution in [0.25, 0.3) is 32.8 Å². The molecule has 2 aromatic heterocycles. The molecule has 3 aromatic carbocycles. The highest BCUT2D eigenvalue weighted by Crippen LogP contribution is 2.23. The first-order chi connectivity index (χ1) is 16.0. The molecular weight excluding hydrogens is 436 g/mol. The summed E-state index contributed by atoms with van der Waals surface area (Å²) in [6.07, 6.45) is 5.06. The van der Waals surface area contributed by atoms with Gasteiger partial charge in [0.15, 0.2) is 5.43 Å². The van der Waals surface area contributed by atoms with Gasteiger partial charge in [-0.05, 0) is 41.3 Å². The molecule has 8 heteroatoms. The number of anilines is 1. The van der Waals surface area contributed by atoms with Crippen molar-refractivity contribution in [2.75, 3.05) is 10.5 Å². The molecule has 7 nitrogen and oxygen atoms in total.